The second kappa shape index (κ2) is 6.73. The van der Waals surface area contributed by atoms with Gasteiger partial charge in [-0.1, -0.05) is 12.1 Å². The molecule has 0 fully saturated rings. The number of nitrogens with zero attached hydrogens (tertiary/aromatic N) is 5. The first-order valence-corrected chi connectivity index (χ1v) is 9.36. The van der Waals surface area contributed by atoms with Crippen molar-refractivity contribution in [2.24, 2.45) is 0 Å². The minimum Gasteiger partial charge on any atom is -0.395 e. The first-order chi connectivity index (χ1) is 14.5. The van der Waals surface area contributed by atoms with Crippen molar-refractivity contribution in [1.29, 1.82) is 0 Å². The third kappa shape index (κ3) is 2.87. The maximum absolute atomic E-state index is 12.8. The van der Waals surface area contributed by atoms with Crippen molar-refractivity contribution in [3.05, 3.63) is 93.6 Å². The summed E-state index contributed by atoms with van der Waals surface area (Å²) in [6, 6.07) is 14.4. The van der Waals surface area contributed by atoms with Gasteiger partial charge in [0.2, 0.25) is 0 Å². The highest BCUT2D eigenvalue weighted by molar-refractivity contribution is 5.92. The van der Waals surface area contributed by atoms with Crippen LogP contribution in [0, 0.1) is 17.0 Å². The Morgan fingerprint density at radius 3 is 2.63 bits per heavy atom. The summed E-state index contributed by atoms with van der Waals surface area (Å²) in [6.45, 7) is 2.66. The molecule has 0 aliphatic carbocycles. The molecule has 9 nitrogen and oxygen atoms in total. The third-order valence-electron chi connectivity index (χ3n) is 5.09. The monoisotopic (exact) mass is 403 g/mol. The molecule has 1 aliphatic heterocycles. The van der Waals surface area contributed by atoms with Gasteiger partial charge in [-0.3, -0.25) is 14.9 Å². The molecule has 0 bridgehead atoms. The molecule has 0 saturated heterocycles. The predicted molar refractivity (Wildman–Crippen MR) is 107 cm³/mol. The number of furan rings is 1. The first-order valence-electron chi connectivity index (χ1n) is 9.36. The van der Waals surface area contributed by atoms with E-state index in [1.807, 2.05) is 58.9 Å². The number of benzene rings is 1. The Morgan fingerprint density at radius 1 is 1.13 bits per heavy atom. The van der Waals surface area contributed by atoms with Crippen LogP contribution in [0.1, 0.15) is 27.4 Å². The van der Waals surface area contributed by atoms with Gasteiger partial charge in [0, 0.05) is 18.0 Å². The summed E-state index contributed by atoms with van der Waals surface area (Å²) < 4.78 is 8.94. The van der Waals surface area contributed by atoms with E-state index in [0.29, 0.717) is 13.1 Å². The molecule has 0 atom stereocenters. The Balaban J connectivity index is 1.52. The molecular formula is C21H17N5O4. The van der Waals surface area contributed by atoms with Gasteiger partial charge in [-0.05, 0) is 42.8 Å². The Morgan fingerprint density at radius 2 is 1.93 bits per heavy atom. The number of hydrogen-bond acceptors (Lipinski definition) is 5. The van der Waals surface area contributed by atoms with Crippen molar-refractivity contribution in [1.82, 2.24) is 19.2 Å². The van der Waals surface area contributed by atoms with Crippen LogP contribution in [0.4, 0.5) is 5.88 Å². The molecule has 1 aliphatic rings. The summed E-state index contributed by atoms with van der Waals surface area (Å²) in [4.78, 5) is 24.6. The number of carbonyl (C=O) groups excluding carboxylic acids is 1. The fraction of sp³-hybridized carbons (Fsp3) is 0.143. The van der Waals surface area contributed by atoms with E-state index >= 15 is 0 Å². The van der Waals surface area contributed by atoms with E-state index in [9.17, 15) is 14.9 Å². The minimum atomic E-state index is -0.661. The molecule has 0 unspecified atom stereocenters. The van der Waals surface area contributed by atoms with Crippen LogP contribution in [0.15, 0.2) is 65.3 Å². The van der Waals surface area contributed by atoms with Crippen LogP contribution in [-0.2, 0) is 13.1 Å². The zero-order chi connectivity index (χ0) is 20.8. The van der Waals surface area contributed by atoms with E-state index in [1.165, 1.54) is 12.1 Å². The van der Waals surface area contributed by atoms with Gasteiger partial charge in [0.15, 0.2) is 5.76 Å². The van der Waals surface area contributed by atoms with Gasteiger partial charge in [0.25, 0.3) is 5.91 Å². The van der Waals surface area contributed by atoms with Crippen LogP contribution in [-0.4, -0.2) is 30.1 Å². The first kappa shape index (κ1) is 17.9. The van der Waals surface area contributed by atoms with Gasteiger partial charge in [0.1, 0.15) is 10.7 Å². The zero-order valence-electron chi connectivity index (χ0n) is 16.1. The van der Waals surface area contributed by atoms with Crippen LogP contribution in [0.25, 0.3) is 11.5 Å². The third-order valence-corrected chi connectivity index (χ3v) is 5.09. The molecule has 150 valence electrons. The quantitative estimate of drug-likeness (QED) is 0.383. The molecule has 1 amide bonds. The number of fused-ring (bicyclic) bond motifs is 1. The highest BCUT2D eigenvalue weighted by Crippen LogP contribution is 2.32. The second-order valence-corrected chi connectivity index (χ2v) is 7.15. The zero-order valence-corrected chi connectivity index (χ0v) is 16.1. The molecule has 30 heavy (non-hydrogen) atoms. The molecule has 4 heterocycles. The summed E-state index contributed by atoms with van der Waals surface area (Å²) in [7, 11) is 0. The lowest BCUT2D eigenvalue weighted by molar-refractivity contribution is -0.402. The van der Waals surface area contributed by atoms with E-state index in [1.54, 1.807) is 4.90 Å². The molecular weight excluding hydrogens is 386 g/mol. The molecule has 4 aromatic rings. The number of carbonyl (C=O) groups is 1. The molecule has 1 aromatic carbocycles. The fourth-order valence-corrected chi connectivity index (χ4v) is 3.72. The molecule has 9 heteroatoms. The van der Waals surface area contributed by atoms with Crippen molar-refractivity contribution in [2.45, 2.75) is 20.0 Å². The molecule has 0 saturated carbocycles. The Hall–Kier alpha value is -4.14. The number of nitro groups is 1. The number of aryl methyl sites for hydroxylation is 1. The Kier molecular flexibility index (Phi) is 4.02. The fourth-order valence-electron chi connectivity index (χ4n) is 3.72. The van der Waals surface area contributed by atoms with E-state index in [0.717, 1.165) is 28.3 Å². The number of rotatable bonds is 4. The van der Waals surface area contributed by atoms with Gasteiger partial charge in [-0.2, -0.15) is 5.10 Å². The number of amides is 1. The highest BCUT2D eigenvalue weighted by atomic mass is 16.6. The van der Waals surface area contributed by atoms with Crippen LogP contribution < -0.4 is 0 Å². The lowest BCUT2D eigenvalue weighted by atomic mass is 10.2. The largest absolute Gasteiger partial charge is 0.433 e. The van der Waals surface area contributed by atoms with Crippen LogP contribution >= 0.6 is 0 Å². The summed E-state index contributed by atoms with van der Waals surface area (Å²) >= 11 is 0. The number of aromatic nitrogens is 3. The van der Waals surface area contributed by atoms with Crippen molar-refractivity contribution in [3.8, 4) is 11.5 Å². The van der Waals surface area contributed by atoms with Gasteiger partial charge in [-0.15, -0.1) is 0 Å². The average Bonchev–Trinajstić information content (AvgIpc) is 3.50. The lowest BCUT2D eigenvalue weighted by Crippen LogP contribution is -2.26. The van der Waals surface area contributed by atoms with Crippen molar-refractivity contribution >= 4 is 11.8 Å². The standard InChI is InChI=1S/C21H17N5O4/c1-14-5-4-6-15(11-14)25-20(23-9-2-3-10-23)16-12-24(13-17(16)22-25)21(27)18-7-8-19(30-18)26(28)29/h2-11H,12-13H2,1H3. The van der Waals surface area contributed by atoms with Crippen LogP contribution in [0.3, 0.4) is 0 Å². The van der Waals surface area contributed by atoms with Crippen molar-refractivity contribution < 1.29 is 14.1 Å². The maximum atomic E-state index is 12.8. The molecule has 5 rings (SSSR count). The van der Waals surface area contributed by atoms with Gasteiger partial charge < -0.3 is 13.9 Å². The van der Waals surface area contributed by atoms with Crippen LogP contribution in [0.2, 0.25) is 0 Å². The Labute approximate surface area is 170 Å². The summed E-state index contributed by atoms with van der Waals surface area (Å²) in [6.07, 6.45) is 3.87. The smallest absolute Gasteiger partial charge is 0.395 e. The van der Waals surface area contributed by atoms with Gasteiger partial charge >= 0.3 is 5.88 Å². The molecule has 0 radical (unpaired) electrons. The summed E-state index contributed by atoms with van der Waals surface area (Å²) in [5.74, 6) is -0.0446. The SMILES string of the molecule is Cc1cccc(-n2nc3c(c2-n2cccc2)CN(C(=O)c2ccc([N+](=O)[O-])o2)C3)c1. The molecule has 3 aromatic heterocycles. The van der Waals surface area contributed by atoms with Crippen LogP contribution in [0.5, 0.6) is 0 Å². The lowest BCUT2D eigenvalue weighted by Gasteiger charge is -2.16. The minimum absolute atomic E-state index is 0.0547. The maximum Gasteiger partial charge on any atom is 0.433 e. The van der Waals surface area contributed by atoms with E-state index in [2.05, 4.69) is 6.07 Å². The van der Waals surface area contributed by atoms with Crippen molar-refractivity contribution in [3.63, 3.8) is 0 Å². The summed E-state index contributed by atoms with van der Waals surface area (Å²) in [5.41, 5.74) is 3.78. The normalized spacial score (nSPS) is 12.9. The predicted octanol–water partition coefficient (Wildman–Crippen LogP) is 3.63. The number of hydrogen-bond donors (Lipinski definition) is 0. The molecule has 0 N–H and O–H groups in total. The van der Waals surface area contributed by atoms with Crippen molar-refractivity contribution in [2.75, 3.05) is 0 Å². The highest BCUT2D eigenvalue weighted by Gasteiger charge is 2.33. The summed E-state index contributed by atoms with van der Waals surface area (Å²) in [5, 5.41) is 15.6. The van der Waals surface area contributed by atoms with E-state index in [4.69, 9.17) is 9.52 Å². The second-order valence-electron chi connectivity index (χ2n) is 7.15. The molecule has 0 spiro atoms. The van der Waals surface area contributed by atoms with E-state index in [-0.39, 0.29) is 5.76 Å². The Bertz CT molecular complexity index is 1270. The van der Waals surface area contributed by atoms with E-state index < -0.39 is 16.7 Å². The topological polar surface area (TPSA) is 99.3 Å². The average molecular weight is 403 g/mol. The van der Waals surface area contributed by atoms with Gasteiger partial charge in [-0.25, -0.2) is 4.68 Å². The van der Waals surface area contributed by atoms with Gasteiger partial charge in [0.05, 0.1) is 30.5 Å².